The largest absolute Gasteiger partial charge is 0.397 e. The Kier molecular flexibility index (Phi) is 4.59. The second-order valence-electron chi connectivity index (χ2n) is 5.09. The number of benzene rings is 1. The minimum atomic E-state index is -3.65. The van der Waals surface area contributed by atoms with Crippen molar-refractivity contribution < 1.29 is 13.5 Å². The van der Waals surface area contributed by atoms with Gasteiger partial charge in [0.05, 0.1) is 22.2 Å². The fraction of sp³-hybridized carbons (Fsp3) is 0.538. The van der Waals surface area contributed by atoms with E-state index >= 15 is 0 Å². The number of nitrogens with zero attached hydrogens (tertiary/aromatic N) is 1. The zero-order valence-corrected chi connectivity index (χ0v) is 12.9. The summed E-state index contributed by atoms with van der Waals surface area (Å²) in [5.41, 5.74) is 6.63. The summed E-state index contributed by atoms with van der Waals surface area (Å²) in [5.74, 6) is 0. The van der Waals surface area contributed by atoms with Crippen LogP contribution in [0.2, 0.25) is 5.02 Å². The molecule has 0 aliphatic carbocycles. The first kappa shape index (κ1) is 15.6. The lowest BCUT2D eigenvalue weighted by Gasteiger charge is -2.33. The van der Waals surface area contributed by atoms with Gasteiger partial charge in [-0.15, -0.1) is 0 Å². The second-order valence-corrected chi connectivity index (χ2v) is 7.36. The highest BCUT2D eigenvalue weighted by Crippen LogP contribution is 2.30. The highest BCUT2D eigenvalue weighted by molar-refractivity contribution is 7.89. The van der Waals surface area contributed by atoms with Gasteiger partial charge in [-0.2, -0.15) is 4.31 Å². The summed E-state index contributed by atoms with van der Waals surface area (Å²) in [6.07, 6.45) is 2.41. The molecular formula is C13H19ClN2O3S. The van der Waals surface area contributed by atoms with E-state index in [9.17, 15) is 13.5 Å². The number of aliphatic hydroxyl groups excluding tert-OH is 1. The van der Waals surface area contributed by atoms with Gasteiger partial charge in [-0.05, 0) is 37.5 Å². The van der Waals surface area contributed by atoms with Crippen LogP contribution < -0.4 is 5.73 Å². The van der Waals surface area contributed by atoms with Gasteiger partial charge in [0.1, 0.15) is 0 Å². The van der Waals surface area contributed by atoms with E-state index in [1.165, 1.54) is 16.4 Å². The third kappa shape index (κ3) is 2.79. The molecule has 7 heteroatoms. The molecule has 1 aliphatic rings. The standard InChI is InChI=1S/C13H19ClN2O3S/c1-9-6-11(7-12(15)13(9)14)20(18,19)16-5-3-2-4-10(16)8-17/h6-7,10,17H,2-5,8,15H2,1H3. The Morgan fingerprint density at radius 3 is 2.75 bits per heavy atom. The average molecular weight is 319 g/mol. The molecule has 1 aromatic rings. The van der Waals surface area contributed by atoms with E-state index < -0.39 is 10.0 Å². The molecule has 1 saturated heterocycles. The maximum atomic E-state index is 12.7. The molecule has 0 radical (unpaired) electrons. The number of sulfonamides is 1. The lowest BCUT2D eigenvalue weighted by molar-refractivity contribution is 0.155. The first-order valence-corrected chi connectivity index (χ1v) is 8.38. The summed E-state index contributed by atoms with van der Waals surface area (Å²) in [4.78, 5) is 0.136. The molecule has 0 spiro atoms. The molecule has 0 bridgehead atoms. The quantitative estimate of drug-likeness (QED) is 0.832. The van der Waals surface area contributed by atoms with Crippen molar-refractivity contribution >= 4 is 27.3 Å². The van der Waals surface area contributed by atoms with Gasteiger partial charge < -0.3 is 10.8 Å². The van der Waals surface area contributed by atoms with Crippen LogP contribution >= 0.6 is 11.6 Å². The molecule has 0 amide bonds. The normalized spacial score (nSPS) is 21.1. The number of hydrogen-bond acceptors (Lipinski definition) is 4. The monoisotopic (exact) mass is 318 g/mol. The van der Waals surface area contributed by atoms with Crippen molar-refractivity contribution in [3.63, 3.8) is 0 Å². The third-order valence-corrected chi connectivity index (χ3v) is 6.09. The molecule has 0 saturated carbocycles. The lowest BCUT2D eigenvalue weighted by atomic mass is 10.1. The maximum absolute atomic E-state index is 12.7. The maximum Gasteiger partial charge on any atom is 0.243 e. The zero-order chi connectivity index (χ0) is 14.9. The number of aliphatic hydroxyl groups is 1. The number of nitrogen functional groups attached to an aromatic ring is 1. The van der Waals surface area contributed by atoms with Crippen LogP contribution in [0.1, 0.15) is 24.8 Å². The van der Waals surface area contributed by atoms with E-state index in [4.69, 9.17) is 17.3 Å². The number of rotatable bonds is 3. The Bertz CT molecular complexity index is 581. The molecule has 1 unspecified atom stereocenters. The fourth-order valence-corrected chi connectivity index (χ4v) is 4.44. The van der Waals surface area contributed by atoms with Crippen molar-refractivity contribution in [1.29, 1.82) is 0 Å². The van der Waals surface area contributed by atoms with E-state index in [1.54, 1.807) is 6.92 Å². The van der Waals surface area contributed by atoms with Crippen molar-refractivity contribution in [2.45, 2.75) is 37.1 Å². The topological polar surface area (TPSA) is 83.6 Å². The predicted octanol–water partition coefficient (Wildman–Crippen LogP) is 1.77. The van der Waals surface area contributed by atoms with E-state index in [2.05, 4.69) is 0 Å². The first-order chi connectivity index (χ1) is 9.37. The predicted molar refractivity (Wildman–Crippen MR) is 79.2 cm³/mol. The zero-order valence-electron chi connectivity index (χ0n) is 11.3. The molecule has 112 valence electrons. The molecule has 3 N–H and O–H groups in total. The van der Waals surface area contributed by atoms with Crippen molar-refractivity contribution in [3.05, 3.63) is 22.7 Å². The van der Waals surface area contributed by atoms with Crippen LogP contribution in [0, 0.1) is 6.92 Å². The second kappa shape index (κ2) is 5.89. The van der Waals surface area contributed by atoms with Crippen LogP contribution in [-0.2, 0) is 10.0 Å². The summed E-state index contributed by atoms with van der Waals surface area (Å²) in [5, 5.41) is 9.75. The van der Waals surface area contributed by atoms with E-state index in [0.717, 1.165) is 12.8 Å². The van der Waals surface area contributed by atoms with Gasteiger partial charge in [0.2, 0.25) is 10.0 Å². The molecule has 2 rings (SSSR count). The molecule has 1 aromatic carbocycles. The Morgan fingerprint density at radius 2 is 2.15 bits per heavy atom. The molecule has 1 heterocycles. The van der Waals surface area contributed by atoms with Gasteiger partial charge in [-0.3, -0.25) is 0 Å². The minimum absolute atomic E-state index is 0.136. The molecule has 5 nitrogen and oxygen atoms in total. The summed E-state index contributed by atoms with van der Waals surface area (Å²) >= 11 is 5.97. The van der Waals surface area contributed by atoms with E-state index in [1.807, 2.05) is 0 Å². The van der Waals surface area contributed by atoms with Gasteiger partial charge in [-0.25, -0.2) is 8.42 Å². The highest BCUT2D eigenvalue weighted by Gasteiger charge is 2.33. The average Bonchev–Trinajstić information content (AvgIpc) is 2.44. The third-order valence-electron chi connectivity index (χ3n) is 3.65. The number of aryl methyl sites for hydroxylation is 1. The number of halogens is 1. The summed E-state index contributed by atoms with van der Waals surface area (Å²) < 4.78 is 26.8. The Labute approximate surface area is 124 Å². The molecular weight excluding hydrogens is 300 g/mol. The van der Waals surface area contributed by atoms with Gasteiger partial charge >= 0.3 is 0 Å². The molecule has 0 aromatic heterocycles. The number of hydrogen-bond donors (Lipinski definition) is 2. The number of piperidine rings is 1. The summed E-state index contributed by atoms with van der Waals surface area (Å²) in [6.45, 7) is 1.98. The number of anilines is 1. The Balaban J connectivity index is 2.44. The van der Waals surface area contributed by atoms with Gasteiger partial charge in [0.15, 0.2) is 0 Å². The summed E-state index contributed by atoms with van der Waals surface area (Å²) in [6, 6.07) is 2.55. The lowest BCUT2D eigenvalue weighted by Crippen LogP contribution is -2.45. The van der Waals surface area contributed by atoms with E-state index in [0.29, 0.717) is 23.6 Å². The van der Waals surface area contributed by atoms with Crippen molar-refractivity contribution in [3.8, 4) is 0 Å². The Morgan fingerprint density at radius 1 is 1.45 bits per heavy atom. The van der Waals surface area contributed by atoms with Crippen molar-refractivity contribution in [2.24, 2.45) is 0 Å². The number of nitrogens with two attached hydrogens (primary N) is 1. The molecule has 1 fully saturated rings. The fourth-order valence-electron chi connectivity index (χ4n) is 2.52. The van der Waals surface area contributed by atoms with Crippen LogP contribution in [0.3, 0.4) is 0 Å². The van der Waals surface area contributed by atoms with Crippen LogP contribution in [0.4, 0.5) is 5.69 Å². The Hall–Kier alpha value is -0.820. The van der Waals surface area contributed by atoms with Crippen molar-refractivity contribution in [1.82, 2.24) is 4.31 Å². The van der Waals surface area contributed by atoms with Gasteiger partial charge in [-0.1, -0.05) is 18.0 Å². The van der Waals surface area contributed by atoms with Crippen LogP contribution in [0.5, 0.6) is 0 Å². The molecule has 20 heavy (non-hydrogen) atoms. The highest BCUT2D eigenvalue weighted by atomic mass is 35.5. The minimum Gasteiger partial charge on any atom is -0.397 e. The molecule has 1 atom stereocenters. The van der Waals surface area contributed by atoms with Crippen LogP contribution in [-0.4, -0.2) is 37.0 Å². The first-order valence-electron chi connectivity index (χ1n) is 6.56. The van der Waals surface area contributed by atoms with E-state index in [-0.39, 0.29) is 23.2 Å². The SMILES string of the molecule is Cc1cc(S(=O)(=O)N2CCCCC2CO)cc(N)c1Cl. The summed E-state index contributed by atoms with van der Waals surface area (Å²) in [7, 11) is -3.65. The smallest absolute Gasteiger partial charge is 0.243 e. The van der Waals surface area contributed by atoms with Crippen LogP contribution in [0.25, 0.3) is 0 Å². The molecule has 1 aliphatic heterocycles. The van der Waals surface area contributed by atoms with Crippen molar-refractivity contribution in [2.75, 3.05) is 18.9 Å². The van der Waals surface area contributed by atoms with Gasteiger partial charge in [0, 0.05) is 12.6 Å². The van der Waals surface area contributed by atoms with Crippen LogP contribution in [0.15, 0.2) is 17.0 Å². The van der Waals surface area contributed by atoms with Gasteiger partial charge in [0.25, 0.3) is 0 Å².